The van der Waals surface area contributed by atoms with E-state index in [1.54, 1.807) is 0 Å². The number of benzene rings is 2. The van der Waals surface area contributed by atoms with Gasteiger partial charge in [-0.1, -0.05) is 6.07 Å². The predicted octanol–water partition coefficient (Wildman–Crippen LogP) is 1.95. The molecule has 0 spiro atoms. The van der Waals surface area contributed by atoms with Crippen LogP contribution in [0.3, 0.4) is 0 Å². The lowest BCUT2D eigenvalue weighted by molar-refractivity contribution is 0.407. The summed E-state index contributed by atoms with van der Waals surface area (Å²) in [4.78, 5) is 0. The number of ether oxygens (including phenoxy) is 1. The molecule has 0 heterocycles. The summed E-state index contributed by atoms with van der Waals surface area (Å²) < 4.78 is 59.7. The fourth-order valence-corrected chi connectivity index (χ4v) is 1.92. The first-order valence-corrected chi connectivity index (χ1v) is 5.89. The molecule has 0 unspecified atom stereocenters. The van der Waals surface area contributed by atoms with E-state index in [-0.39, 0.29) is 16.8 Å². The molecule has 0 aromatic heterocycles. The molecule has 0 aliphatic carbocycles. The molecular weight excluding hydrogens is 271 g/mol. The van der Waals surface area contributed by atoms with Gasteiger partial charge in [-0.2, -0.15) is 0 Å². The number of methoxy groups -OCH3 is 1. The summed E-state index contributed by atoms with van der Waals surface area (Å²) in [7, 11) is 0.773. The Kier molecular flexibility index (Phi) is 4.02. The Bertz CT molecular complexity index is 635. The van der Waals surface area contributed by atoms with Crippen molar-refractivity contribution in [3.05, 3.63) is 53.1 Å². The van der Waals surface area contributed by atoms with Crippen LogP contribution in [-0.4, -0.2) is 14.4 Å². The van der Waals surface area contributed by atoms with Gasteiger partial charge in [0.2, 0.25) is 7.28 Å². The van der Waals surface area contributed by atoms with E-state index in [0.717, 1.165) is 18.2 Å². The summed E-state index contributed by atoms with van der Waals surface area (Å²) in [5.74, 6) is -3.42. The van der Waals surface area contributed by atoms with Crippen LogP contribution in [0.5, 0.6) is 5.75 Å². The Morgan fingerprint density at radius 1 is 0.900 bits per heavy atom. The van der Waals surface area contributed by atoms with Crippen LogP contribution < -0.4 is 15.7 Å². The topological polar surface area (TPSA) is 9.23 Å². The van der Waals surface area contributed by atoms with E-state index in [1.807, 2.05) is 0 Å². The van der Waals surface area contributed by atoms with Crippen molar-refractivity contribution in [2.45, 2.75) is 6.92 Å². The first-order valence-electron chi connectivity index (χ1n) is 5.89. The number of aryl methyl sites for hydroxylation is 1. The highest BCUT2D eigenvalue weighted by Gasteiger charge is 2.19. The first kappa shape index (κ1) is 14.4. The van der Waals surface area contributed by atoms with E-state index in [4.69, 9.17) is 4.74 Å². The maximum absolute atomic E-state index is 13.8. The van der Waals surface area contributed by atoms with Crippen LogP contribution >= 0.6 is 0 Å². The standard InChI is InChI=1S/C14H11BF4O/c1-7-3-4-9(16)13(14(7)19)15-12-10(17)5-8(20-2)6-11(12)18/h3-6,15H,1-2H3. The third-order valence-electron chi connectivity index (χ3n) is 3.08. The number of rotatable bonds is 3. The number of halogens is 4. The van der Waals surface area contributed by atoms with Crippen molar-refractivity contribution in [3.63, 3.8) is 0 Å². The molecule has 2 aromatic carbocycles. The highest BCUT2D eigenvalue weighted by molar-refractivity contribution is 6.67. The van der Waals surface area contributed by atoms with Crippen molar-refractivity contribution < 1.29 is 22.3 Å². The molecule has 0 saturated carbocycles. The van der Waals surface area contributed by atoms with Crippen LogP contribution in [0.2, 0.25) is 0 Å². The van der Waals surface area contributed by atoms with Crippen LogP contribution in [0.15, 0.2) is 24.3 Å². The predicted molar refractivity (Wildman–Crippen MR) is 70.4 cm³/mol. The van der Waals surface area contributed by atoms with Gasteiger partial charge in [-0.25, -0.2) is 17.6 Å². The van der Waals surface area contributed by atoms with Gasteiger partial charge in [-0.05, 0) is 29.5 Å². The Morgan fingerprint density at radius 3 is 2.05 bits per heavy atom. The van der Waals surface area contributed by atoms with Crippen LogP contribution in [0.25, 0.3) is 0 Å². The zero-order valence-electron chi connectivity index (χ0n) is 10.9. The maximum atomic E-state index is 13.8. The van der Waals surface area contributed by atoms with Gasteiger partial charge in [0.25, 0.3) is 0 Å². The van der Waals surface area contributed by atoms with Crippen molar-refractivity contribution in [1.29, 1.82) is 0 Å². The maximum Gasteiger partial charge on any atom is 0.207 e. The molecule has 0 bridgehead atoms. The summed E-state index contributed by atoms with van der Waals surface area (Å²) >= 11 is 0. The van der Waals surface area contributed by atoms with E-state index >= 15 is 0 Å². The van der Waals surface area contributed by atoms with E-state index in [9.17, 15) is 17.6 Å². The molecule has 1 nitrogen and oxygen atoms in total. The molecular formula is C14H11BF4O. The number of hydrogen-bond acceptors (Lipinski definition) is 1. The van der Waals surface area contributed by atoms with Gasteiger partial charge < -0.3 is 4.74 Å². The zero-order valence-corrected chi connectivity index (χ0v) is 10.9. The van der Waals surface area contributed by atoms with Gasteiger partial charge in [0.15, 0.2) is 0 Å². The molecule has 2 aromatic rings. The fraction of sp³-hybridized carbons (Fsp3) is 0.143. The minimum Gasteiger partial charge on any atom is -0.497 e. The summed E-state index contributed by atoms with van der Waals surface area (Å²) in [6.07, 6.45) is 0. The molecule has 0 N–H and O–H groups in total. The molecule has 104 valence electrons. The minimum absolute atomic E-state index is 0.00827. The van der Waals surface area contributed by atoms with Crippen molar-refractivity contribution in [2.24, 2.45) is 0 Å². The van der Waals surface area contributed by atoms with Gasteiger partial charge in [0.05, 0.1) is 7.11 Å². The van der Waals surface area contributed by atoms with Gasteiger partial charge in [0, 0.05) is 12.1 Å². The van der Waals surface area contributed by atoms with Gasteiger partial charge in [-0.3, -0.25) is 0 Å². The largest absolute Gasteiger partial charge is 0.497 e. The van der Waals surface area contributed by atoms with Gasteiger partial charge in [0.1, 0.15) is 29.0 Å². The van der Waals surface area contributed by atoms with Crippen LogP contribution in [0.1, 0.15) is 5.56 Å². The van der Waals surface area contributed by atoms with Crippen molar-refractivity contribution in [3.8, 4) is 5.75 Å². The lowest BCUT2D eigenvalue weighted by atomic mass is 9.62. The smallest absolute Gasteiger partial charge is 0.207 e. The molecule has 0 saturated heterocycles. The van der Waals surface area contributed by atoms with Crippen LogP contribution in [0.4, 0.5) is 17.6 Å². The van der Waals surface area contributed by atoms with Crippen molar-refractivity contribution >= 4 is 18.2 Å². The third-order valence-corrected chi connectivity index (χ3v) is 3.08. The molecule has 0 amide bonds. The van der Waals surface area contributed by atoms with E-state index < -0.39 is 36.0 Å². The molecule has 20 heavy (non-hydrogen) atoms. The molecule has 0 fully saturated rings. The highest BCUT2D eigenvalue weighted by atomic mass is 19.1. The minimum atomic E-state index is -0.901. The Morgan fingerprint density at radius 2 is 1.50 bits per heavy atom. The average Bonchev–Trinajstić information content (AvgIpc) is 2.41. The molecule has 0 radical (unpaired) electrons. The summed E-state index contributed by atoms with van der Waals surface area (Å²) in [5, 5.41) is 0. The molecule has 2 rings (SSSR count). The molecule has 0 aliphatic rings. The fourth-order valence-electron chi connectivity index (χ4n) is 1.92. The Balaban J connectivity index is 2.48. The van der Waals surface area contributed by atoms with Gasteiger partial charge in [-0.15, -0.1) is 0 Å². The quantitative estimate of drug-likeness (QED) is 0.617. The monoisotopic (exact) mass is 282 g/mol. The van der Waals surface area contributed by atoms with E-state index in [2.05, 4.69) is 0 Å². The first-order chi connectivity index (χ1) is 9.43. The van der Waals surface area contributed by atoms with Crippen LogP contribution in [-0.2, 0) is 0 Å². The second-order valence-corrected chi connectivity index (χ2v) is 4.40. The molecule has 0 aliphatic heterocycles. The third kappa shape index (κ3) is 2.64. The Labute approximate surface area is 114 Å². The van der Waals surface area contributed by atoms with Crippen molar-refractivity contribution in [1.82, 2.24) is 0 Å². The second-order valence-electron chi connectivity index (χ2n) is 4.40. The summed E-state index contributed by atoms with van der Waals surface area (Å²) in [5.41, 5.74) is -0.530. The summed E-state index contributed by atoms with van der Waals surface area (Å²) in [6.45, 7) is 1.46. The SMILES string of the molecule is COc1cc(F)c(Bc2c(F)ccc(C)c2F)c(F)c1. The van der Waals surface area contributed by atoms with E-state index in [1.165, 1.54) is 20.1 Å². The molecule has 6 heteroatoms. The highest BCUT2D eigenvalue weighted by Crippen LogP contribution is 2.13. The van der Waals surface area contributed by atoms with Crippen molar-refractivity contribution in [2.75, 3.05) is 7.11 Å². The van der Waals surface area contributed by atoms with Crippen LogP contribution in [0, 0.1) is 30.2 Å². The normalized spacial score (nSPS) is 10.5. The average molecular weight is 282 g/mol. The lowest BCUT2D eigenvalue weighted by Crippen LogP contribution is -2.36. The molecule has 0 atom stereocenters. The van der Waals surface area contributed by atoms with E-state index in [0.29, 0.717) is 0 Å². The summed E-state index contributed by atoms with van der Waals surface area (Å²) in [6, 6.07) is 4.30. The van der Waals surface area contributed by atoms with Gasteiger partial charge >= 0.3 is 0 Å². The Hall–Kier alpha value is -1.98. The lowest BCUT2D eigenvalue weighted by Gasteiger charge is -2.09. The second kappa shape index (κ2) is 5.57. The number of hydrogen-bond donors (Lipinski definition) is 0. The zero-order chi connectivity index (χ0) is 14.9.